The molecular weight excluding hydrogens is 514 g/mol. The molecule has 1 aliphatic rings. The average molecular weight is 539 g/mol. The predicted molar refractivity (Wildman–Crippen MR) is 141 cm³/mol. The molecule has 196 valence electrons. The lowest BCUT2D eigenvalue weighted by Gasteiger charge is -2.19. The molecule has 0 radical (unpaired) electrons. The molecule has 1 saturated carbocycles. The SMILES string of the molecule is CCC(=O)c1c(-c2ccccc2)c2cc(Cl)ccc2c(=O)n1Cc1cc(C(=O)NC2CC2)n(CC(F)F)n1. The van der Waals surface area contributed by atoms with Gasteiger partial charge in [0.25, 0.3) is 17.9 Å². The van der Waals surface area contributed by atoms with E-state index < -0.39 is 24.4 Å². The number of benzene rings is 2. The molecule has 1 amide bonds. The van der Waals surface area contributed by atoms with Crippen LogP contribution in [0, 0.1) is 0 Å². The molecule has 0 bridgehead atoms. The van der Waals surface area contributed by atoms with E-state index in [-0.39, 0.29) is 41.9 Å². The van der Waals surface area contributed by atoms with E-state index in [1.165, 1.54) is 10.6 Å². The average Bonchev–Trinajstić information content (AvgIpc) is 3.62. The van der Waals surface area contributed by atoms with Crippen molar-refractivity contribution in [1.29, 1.82) is 0 Å². The summed E-state index contributed by atoms with van der Waals surface area (Å²) < 4.78 is 28.9. The van der Waals surface area contributed by atoms with Crippen molar-refractivity contribution in [1.82, 2.24) is 19.7 Å². The highest BCUT2D eigenvalue weighted by Gasteiger charge is 2.28. The van der Waals surface area contributed by atoms with Crippen LogP contribution in [0.15, 0.2) is 59.4 Å². The number of hydrogen-bond acceptors (Lipinski definition) is 4. The summed E-state index contributed by atoms with van der Waals surface area (Å²) in [6, 6.07) is 15.5. The van der Waals surface area contributed by atoms with Crippen molar-refractivity contribution >= 4 is 34.1 Å². The van der Waals surface area contributed by atoms with Gasteiger partial charge < -0.3 is 5.32 Å². The number of ketones is 1. The lowest BCUT2D eigenvalue weighted by molar-refractivity contribution is 0.0920. The van der Waals surface area contributed by atoms with E-state index in [1.54, 1.807) is 25.1 Å². The summed E-state index contributed by atoms with van der Waals surface area (Å²) in [5, 5.41) is 8.33. The van der Waals surface area contributed by atoms with Crippen LogP contribution in [0.4, 0.5) is 8.78 Å². The highest BCUT2D eigenvalue weighted by molar-refractivity contribution is 6.31. The summed E-state index contributed by atoms with van der Waals surface area (Å²) in [6.45, 7) is 0.749. The molecule has 1 N–H and O–H groups in total. The number of nitrogens with zero attached hydrogens (tertiary/aromatic N) is 3. The number of alkyl halides is 2. The number of fused-ring (bicyclic) bond motifs is 1. The zero-order chi connectivity index (χ0) is 27.0. The molecule has 5 rings (SSSR count). The van der Waals surface area contributed by atoms with Crippen LogP contribution < -0.4 is 10.9 Å². The van der Waals surface area contributed by atoms with Crippen LogP contribution in [0.1, 0.15) is 52.9 Å². The Morgan fingerprint density at radius 2 is 1.84 bits per heavy atom. The standard InChI is InChI=1S/C28H25ClF2N4O3/c1-2-23(36)26-25(16-6-4-3-5-7-16)21-12-17(29)8-11-20(21)28(38)34(26)14-19-13-22(27(37)32-18-9-10-18)35(33-19)15-24(30)31/h3-8,11-13,18,24H,2,9-10,14-15H2,1H3,(H,32,37). The van der Waals surface area contributed by atoms with Crippen LogP contribution in [0.2, 0.25) is 5.02 Å². The van der Waals surface area contributed by atoms with Crippen molar-refractivity contribution in [3.63, 3.8) is 0 Å². The maximum atomic E-state index is 13.8. The number of rotatable bonds is 9. The molecule has 0 atom stereocenters. The first kappa shape index (κ1) is 25.8. The van der Waals surface area contributed by atoms with Gasteiger partial charge >= 0.3 is 0 Å². The quantitative estimate of drug-likeness (QED) is 0.292. The van der Waals surface area contributed by atoms with Crippen LogP contribution in [0.25, 0.3) is 21.9 Å². The Bertz CT molecular complexity index is 1590. The third kappa shape index (κ3) is 5.11. The first-order chi connectivity index (χ1) is 18.3. The Hall–Kier alpha value is -3.85. The predicted octanol–water partition coefficient (Wildman–Crippen LogP) is 5.32. The molecule has 10 heteroatoms. The second kappa shape index (κ2) is 10.5. The molecule has 7 nitrogen and oxygen atoms in total. The Balaban J connectivity index is 1.71. The summed E-state index contributed by atoms with van der Waals surface area (Å²) in [5.74, 6) is -0.774. The fourth-order valence-electron chi connectivity index (χ4n) is 4.57. The fourth-order valence-corrected chi connectivity index (χ4v) is 4.75. The lowest BCUT2D eigenvalue weighted by atomic mass is 9.94. The van der Waals surface area contributed by atoms with E-state index in [2.05, 4.69) is 10.4 Å². The van der Waals surface area contributed by atoms with Crippen LogP contribution in [0.5, 0.6) is 0 Å². The topological polar surface area (TPSA) is 86.0 Å². The largest absolute Gasteiger partial charge is 0.348 e. The van der Waals surface area contributed by atoms with Crippen LogP contribution in [-0.4, -0.2) is 38.5 Å². The van der Waals surface area contributed by atoms with Gasteiger partial charge in [0.1, 0.15) is 12.2 Å². The minimum atomic E-state index is -2.73. The molecular formula is C28H25ClF2N4O3. The minimum absolute atomic E-state index is 0.0144. The first-order valence-electron chi connectivity index (χ1n) is 12.4. The number of carbonyl (C=O) groups is 2. The monoisotopic (exact) mass is 538 g/mol. The van der Waals surface area contributed by atoms with Gasteiger partial charge in [-0.25, -0.2) is 8.78 Å². The molecule has 2 aromatic carbocycles. The van der Waals surface area contributed by atoms with E-state index in [1.807, 2.05) is 30.3 Å². The summed E-state index contributed by atoms with van der Waals surface area (Å²) in [4.78, 5) is 39.9. The van der Waals surface area contributed by atoms with Gasteiger partial charge in [0.15, 0.2) is 5.78 Å². The molecule has 1 fully saturated rings. The van der Waals surface area contributed by atoms with E-state index in [9.17, 15) is 23.2 Å². The van der Waals surface area contributed by atoms with Gasteiger partial charge in [-0.2, -0.15) is 5.10 Å². The lowest BCUT2D eigenvalue weighted by Crippen LogP contribution is -2.28. The Morgan fingerprint density at radius 3 is 2.50 bits per heavy atom. The smallest absolute Gasteiger partial charge is 0.269 e. The van der Waals surface area contributed by atoms with Crippen LogP contribution in [-0.2, 0) is 13.1 Å². The molecule has 2 heterocycles. The molecule has 0 unspecified atom stereocenters. The van der Waals surface area contributed by atoms with Crippen molar-refractivity contribution in [2.75, 3.05) is 0 Å². The van der Waals surface area contributed by atoms with Gasteiger partial charge in [-0.05, 0) is 48.1 Å². The van der Waals surface area contributed by atoms with Gasteiger partial charge in [-0.15, -0.1) is 0 Å². The third-order valence-corrected chi connectivity index (χ3v) is 6.72. The number of amides is 1. The van der Waals surface area contributed by atoms with E-state index in [0.29, 0.717) is 21.4 Å². The highest BCUT2D eigenvalue weighted by Crippen LogP contribution is 2.33. The number of nitrogens with one attached hydrogen (secondary N) is 1. The van der Waals surface area contributed by atoms with E-state index >= 15 is 0 Å². The Morgan fingerprint density at radius 1 is 1.11 bits per heavy atom. The molecule has 1 aliphatic carbocycles. The molecule has 0 aliphatic heterocycles. The second-order valence-electron chi connectivity index (χ2n) is 9.29. The van der Waals surface area contributed by atoms with Crippen molar-refractivity contribution in [2.45, 2.75) is 51.7 Å². The summed E-state index contributed by atoms with van der Waals surface area (Å²) in [5.41, 5.74) is 1.20. The highest BCUT2D eigenvalue weighted by atomic mass is 35.5. The molecule has 38 heavy (non-hydrogen) atoms. The fraction of sp³-hybridized carbons (Fsp3) is 0.286. The number of pyridine rings is 1. The third-order valence-electron chi connectivity index (χ3n) is 6.49. The number of hydrogen-bond donors (Lipinski definition) is 1. The molecule has 0 spiro atoms. The summed E-state index contributed by atoms with van der Waals surface area (Å²) >= 11 is 6.29. The molecule has 4 aromatic rings. The number of aromatic nitrogens is 3. The van der Waals surface area contributed by atoms with Crippen molar-refractivity contribution < 1.29 is 18.4 Å². The van der Waals surface area contributed by atoms with Crippen molar-refractivity contribution in [3.05, 3.63) is 87.1 Å². The summed E-state index contributed by atoms with van der Waals surface area (Å²) in [7, 11) is 0. The van der Waals surface area contributed by atoms with E-state index in [0.717, 1.165) is 23.1 Å². The Kier molecular flexibility index (Phi) is 7.12. The van der Waals surface area contributed by atoms with Gasteiger partial charge in [-0.1, -0.05) is 48.9 Å². The van der Waals surface area contributed by atoms with Crippen LogP contribution >= 0.6 is 11.6 Å². The molecule has 0 saturated heterocycles. The minimum Gasteiger partial charge on any atom is -0.348 e. The maximum Gasteiger partial charge on any atom is 0.269 e. The normalized spacial score (nSPS) is 13.3. The van der Waals surface area contributed by atoms with Crippen molar-refractivity contribution in [2.24, 2.45) is 0 Å². The first-order valence-corrected chi connectivity index (χ1v) is 12.7. The number of halogens is 3. The summed E-state index contributed by atoms with van der Waals surface area (Å²) in [6.07, 6.45) is -0.934. The zero-order valence-electron chi connectivity index (χ0n) is 20.6. The van der Waals surface area contributed by atoms with E-state index in [4.69, 9.17) is 11.6 Å². The zero-order valence-corrected chi connectivity index (χ0v) is 21.3. The van der Waals surface area contributed by atoms with Gasteiger partial charge in [0, 0.05) is 28.4 Å². The second-order valence-corrected chi connectivity index (χ2v) is 9.73. The molecule has 2 aromatic heterocycles. The van der Waals surface area contributed by atoms with Gasteiger partial charge in [0.2, 0.25) is 0 Å². The van der Waals surface area contributed by atoms with Gasteiger partial charge in [0.05, 0.1) is 17.9 Å². The van der Waals surface area contributed by atoms with Crippen molar-refractivity contribution in [3.8, 4) is 11.1 Å². The number of carbonyl (C=O) groups excluding carboxylic acids is 2. The Labute approximate surface area is 222 Å². The maximum absolute atomic E-state index is 13.8. The number of Topliss-reactive ketones (excluding diaryl/α,β-unsaturated/α-hetero) is 1. The van der Waals surface area contributed by atoms with Gasteiger partial charge in [-0.3, -0.25) is 23.6 Å². The van der Waals surface area contributed by atoms with Crippen LogP contribution in [0.3, 0.4) is 0 Å².